The minimum atomic E-state index is -4.38. The lowest BCUT2D eigenvalue weighted by Gasteiger charge is -2.08. The van der Waals surface area contributed by atoms with Crippen LogP contribution in [0.1, 0.15) is 24.8 Å². The molecule has 24 heavy (non-hydrogen) atoms. The Bertz CT molecular complexity index is 785. The number of aromatic nitrogens is 1. The summed E-state index contributed by atoms with van der Waals surface area (Å²) in [6.07, 6.45) is -0.819. The predicted molar refractivity (Wildman–Crippen MR) is 86.2 cm³/mol. The zero-order valence-electron chi connectivity index (χ0n) is 13.5. The highest BCUT2D eigenvalue weighted by atomic mass is 19.4. The average Bonchev–Trinajstić information content (AvgIpc) is 2.88. The molecule has 1 heterocycles. The maximum Gasteiger partial charge on any atom is 0.416 e. The highest BCUT2D eigenvalue weighted by Crippen LogP contribution is 2.26. The first-order chi connectivity index (χ1) is 11.3. The van der Waals surface area contributed by atoms with Crippen LogP contribution in [0.25, 0.3) is 11.1 Å². The molecule has 1 aromatic carbocycles. The monoisotopic (exact) mass is 337 g/mol. The number of ether oxygens (including phenoxy) is 1. The smallest absolute Gasteiger partial charge is 0.416 e. The number of aryl methyl sites for hydroxylation is 1. The Morgan fingerprint density at radius 1 is 1.33 bits per heavy atom. The number of halogens is 3. The van der Waals surface area contributed by atoms with E-state index in [1.807, 2.05) is 18.2 Å². The van der Waals surface area contributed by atoms with Gasteiger partial charge in [-0.25, -0.2) is 4.98 Å². The van der Waals surface area contributed by atoms with Crippen molar-refractivity contribution in [2.45, 2.75) is 33.1 Å². The molecule has 0 amide bonds. The molecule has 0 fully saturated rings. The molecule has 2 aromatic rings. The third-order valence-electron chi connectivity index (χ3n) is 3.35. The number of rotatable bonds is 6. The molecule has 0 atom stereocenters. The lowest BCUT2D eigenvalue weighted by Crippen LogP contribution is -2.09. The summed E-state index contributed by atoms with van der Waals surface area (Å²) in [4.78, 5) is 4.24. The minimum Gasteiger partial charge on any atom is -0.494 e. The van der Waals surface area contributed by atoms with Crippen LogP contribution in [0, 0.1) is 6.92 Å². The topological polar surface area (TPSA) is 35.3 Å². The molecule has 6 heteroatoms. The molecule has 0 aliphatic heterocycles. The van der Waals surface area contributed by atoms with Gasteiger partial charge in [0.1, 0.15) is 12.1 Å². The molecular weight excluding hydrogens is 319 g/mol. The lowest BCUT2D eigenvalue weighted by molar-refractivity contribution is -0.0883. The number of fused-ring (bicyclic) bond motifs is 1. The normalized spacial score (nSPS) is 13.4. The van der Waals surface area contributed by atoms with E-state index in [4.69, 9.17) is 9.15 Å². The maximum absolute atomic E-state index is 12.6. The number of benzene rings is 1. The van der Waals surface area contributed by atoms with Crippen LogP contribution in [0.5, 0.6) is 0 Å². The van der Waals surface area contributed by atoms with Gasteiger partial charge in [-0.1, -0.05) is 30.9 Å². The van der Waals surface area contributed by atoms with Crippen LogP contribution >= 0.6 is 0 Å². The molecule has 0 radical (unpaired) electrons. The summed E-state index contributed by atoms with van der Waals surface area (Å²) in [7, 11) is 0. The van der Waals surface area contributed by atoms with E-state index >= 15 is 0 Å². The molecule has 0 saturated heterocycles. The van der Waals surface area contributed by atoms with Crippen LogP contribution in [0.3, 0.4) is 0 Å². The molecule has 0 aliphatic rings. The fraction of sp³-hybridized carbons (Fsp3) is 0.278. The molecule has 0 unspecified atom stereocenters. The maximum atomic E-state index is 12.6. The van der Waals surface area contributed by atoms with E-state index in [1.54, 1.807) is 19.9 Å². The van der Waals surface area contributed by atoms with Crippen molar-refractivity contribution >= 4 is 11.1 Å². The summed E-state index contributed by atoms with van der Waals surface area (Å²) < 4.78 is 48.8. The highest BCUT2D eigenvalue weighted by Gasteiger charge is 2.30. The third-order valence-corrected chi connectivity index (χ3v) is 3.35. The molecular formula is C18H18F3NO2. The number of allylic oxidation sites excluding steroid dienone is 5. The molecule has 128 valence electrons. The number of oxazole rings is 1. The summed E-state index contributed by atoms with van der Waals surface area (Å²) in [6.45, 7) is 6.89. The number of hydrogen-bond acceptors (Lipinski definition) is 3. The Morgan fingerprint density at radius 3 is 2.75 bits per heavy atom. The molecule has 1 aromatic heterocycles. The lowest BCUT2D eigenvalue weighted by atomic mass is 10.2. The van der Waals surface area contributed by atoms with E-state index in [0.717, 1.165) is 23.2 Å². The highest BCUT2D eigenvalue weighted by molar-refractivity contribution is 5.76. The summed E-state index contributed by atoms with van der Waals surface area (Å²) in [6, 6.07) is 5.56. The van der Waals surface area contributed by atoms with Gasteiger partial charge in [-0.15, -0.1) is 0 Å². The first kappa shape index (κ1) is 17.8. The minimum absolute atomic E-state index is 0.109. The van der Waals surface area contributed by atoms with Crippen LogP contribution in [0.4, 0.5) is 13.2 Å². The molecule has 0 saturated carbocycles. The number of para-hydroxylation sites is 1. The van der Waals surface area contributed by atoms with Gasteiger partial charge in [-0.05, 0) is 25.5 Å². The van der Waals surface area contributed by atoms with Gasteiger partial charge in [0, 0.05) is 12.5 Å². The molecule has 3 nitrogen and oxygen atoms in total. The van der Waals surface area contributed by atoms with E-state index < -0.39 is 11.7 Å². The molecule has 0 aliphatic carbocycles. The molecule has 2 rings (SSSR count). The predicted octanol–water partition coefficient (Wildman–Crippen LogP) is 5.62. The Labute approximate surface area is 138 Å². The first-order valence-electron chi connectivity index (χ1n) is 7.35. The zero-order chi connectivity index (χ0) is 17.7. The Hall–Kier alpha value is -2.50. The quantitative estimate of drug-likeness (QED) is 0.507. The van der Waals surface area contributed by atoms with E-state index in [0.29, 0.717) is 17.2 Å². The van der Waals surface area contributed by atoms with Crippen LogP contribution in [-0.4, -0.2) is 11.2 Å². The van der Waals surface area contributed by atoms with Gasteiger partial charge in [0.05, 0.1) is 11.3 Å². The van der Waals surface area contributed by atoms with E-state index in [1.165, 1.54) is 0 Å². The van der Waals surface area contributed by atoms with Gasteiger partial charge < -0.3 is 9.15 Å². The van der Waals surface area contributed by atoms with Gasteiger partial charge >= 0.3 is 6.18 Å². The van der Waals surface area contributed by atoms with Crippen molar-refractivity contribution in [2.75, 3.05) is 0 Å². The van der Waals surface area contributed by atoms with Crippen molar-refractivity contribution in [3.63, 3.8) is 0 Å². The van der Waals surface area contributed by atoms with Crippen molar-refractivity contribution in [3.05, 3.63) is 65.8 Å². The Kier molecular flexibility index (Phi) is 5.49. The van der Waals surface area contributed by atoms with Crippen molar-refractivity contribution in [1.29, 1.82) is 0 Å². The number of alkyl halides is 3. The van der Waals surface area contributed by atoms with Crippen molar-refractivity contribution in [1.82, 2.24) is 4.98 Å². The largest absolute Gasteiger partial charge is 0.494 e. The van der Waals surface area contributed by atoms with Gasteiger partial charge in [0.15, 0.2) is 11.5 Å². The van der Waals surface area contributed by atoms with Crippen molar-refractivity contribution in [2.24, 2.45) is 0 Å². The first-order valence-corrected chi connectivity index (χ1v) is 7.35. The van der Waals surface area contributed by atoms with Crippen LogP contribution in [0.2, 0.25) is 0 Å². The van der Waals surface area contributed by atoms with Gasteiger partial charge in [0.25, 0.3) is 0 Å². The van der Waals surface area contributed by atoms with Crippen molar-refractivity contribution < 1.29 is 22.3 Å². The van der Waals surface area contributed by atoms with Crippen molar-refractivity contribution in [3.8, 4) is 0 Å². The van der Waals surface area contributed by atoms with E-state index in [9.17, 15) is 13.2 Å². The van der Waals surface area contributed by atoms with Gasteiger partial charge in [0.2, 0.25) is 0 Å². The molecule has 0 spiro atoms. The van der Waals surface area contributed by atoms with Crippen LogP contribution < -0.4 is 0 Å². The summed E-state index contributed by atoms with van der Waals surface area (Å²) in [5, 5.41) is 0. The van der Waals surface area contributed by atoms with Gasteiger partial charge in [-0.2, -0.15) is 13.2 Å². The Balaban J connectivity index is 2.00. The molecule has 0 N–H and O–H groups in total. The fourth-order valence-electron chi connectivity index (χ4n) is 2.15. The second kappa shape index (κ2) is 7.38. The zero-order valence-corrected chi connectivity index (χ0v) is 13.5. The fourth-order valence-corrected chi connectivity index (χ4v) is 2.15. The second-order valence-corrected chi connectivity index (χ2v) is 5.20. The second-order valence-electron chi connectivity index (χ2n) is 5.20. The van der Waals surface area contributed by atoms with Crippen LogP contribution in [0.15, 0.2) is 58.8 Å². The third kappa shape index (κ3) is 4.50. The van der Waals surface area contributed by atoms with E-state index in [2.05, 4.69) is 11.6 Å². The summed E-state index contributed by atoms with van der Waals surface area (Å²) in [5.41, 5.74) is 1.49. The Morgan fingerprint density at radius 2 is 2.08 bits per heavy atom. The summed E-state index contributed by atoms with van der Waals surface area (Å²) >= 11 is 0. The summed E-state index contributed by atoms with van der Waals surface area (Å²) in [5.74, 6) is 1.10. The average molecular weight is 337 g/mol. The molecule has 0 bridgehead atoms. The standard InChI is InChI=1S/C18H18F3NO2/c1-4-15(18(19,20)21)9-5-7-12(2)23-11-14-8-6-10-16-17(14)24-13(3)22-16/h4,6-10H,1,5,11H2,2-3H3/b12-7+,15-9?. The number of hydrogen-bond donors (Lipinski definition) is 0. The van der Waals surface area contributed by atoms with Gasteiger partial charge in [-0.3, -0.25) is 0 Å². The van der Waals surface area contributed by atoms with Crippen LogP contribution in [-0.2, 0) is 11.3 Å². The van der Waals surface area contributed by atoms with E-state index in [-0.39, 0.29) is 13.0 Å². The SMILES string of the molecule is C=CC(=CC/C=C(\C)OCc1cccc2nc(C)oc12)C(F)(F)F. The number of nitrogens with zero attached hydrogens (tertiary/aromatic N) is 1.